The lowest BCUT2D eigenvalue weighted by Crippen LogP contribution is -2.30. The quantitative estimate of drug-likeness (QED) is 0.549. The molecule has 0 saturated carbocycles. The van der Waals surface area contributed by atoms with Crippen LogP contribution >= 0.6 is 0 Å². The van der Waals surface area contributed by atoms with E-state index in [1.54, 1.807) is 0 Å². The Morgan fingerprint density at radius 2 is 2.14 bits per heavy atom. The predicted molar refractivity (Wildman–Crippen MR) is 102 cm³/mol. The van der Waals surface area contributed by atoms with Crippen molar-refractivity contribution in [2.45, 2.75) is 25.8 Å². The summed E-state index contributed by atoms with van der Waals surface area (Å²) in [7, 11) is 1.96. The Morgan fingerprint density at radius 3 is 2.89 bits per heavy atom. The minimum atomic E-state index is -0.0716. The van der Waals surface area contributed by atoms with Crippen LogP contribution in [0.15, 0.2) is 47.2 Å². The number of hydrogen-bond donors (Lipinski definition) is 0. The molecule has 0 aliphatic carbocycles. The Bertz CT molecular complexity index is 1170. The van der Waals surface area contributed by atoms with E-state index in [2.05, 4.69) is 15.4 Å². The number of fused-ring (bicyclic) bond motifs is 1. The summed E-state index contributed by atoms with van der Waals surface area (Å²) in [5.41, 5.74) is 3.07. The average molecular weight is 376 g/mol. The molecule has 8 heteroatoms. The fourth-order valence-corrected chi connectivity index (χ4v) is 3.90. The van der Waals surface area contributed by atoms with Gasteiger partial charge in [0.2, 0.25) is 0 Å². The van der Waals surface area contributed by atoms with Gasteiger partial charge in [-0.15, -0.1) is 10.2 Å². The van der Waals surface area contributed by atoms with Crippen molar-refractivity contribution in [2.75, 3.05) is 6.54 Å². The zero-order valence-electron chi connectivity index (χ0n) is 15.7. The summed E-state index contributed by atoms with van der Waals surface area (Å²) in [4.78, 5) is 15.1. The number of aromatic nitrogens is 5. The van der Waals surface area contributed by atoms with Gasteiger partial charge in [-0.2, -0.15) is 0 Å². The summed E-state index contributed by atoms with van der Waals surface area (Å²) in [5.74, 6) is 1.43. The molecular formula is C20H20N6O2. The average Bonchev–Trinajstić information content (AvgIpc) is 3.46. The first-order chi connectivity index (χ1) is 13.6. The third-order valence-corrected chi connectivity index (χ3v) is 5.31. The monoisotopic (exact) mass is 376 g/mol. The number of carbonyl (C=O) groups excluding carboxylic acids is 1. The fourth-order valence-electron chi connectivity index (χ4n) is 3.90. The third kappa shape index (κ3) is 2.60. The number of aryl methyl sites for hydroxylation is 2. The highest BCUT2D eigenvalue weighted by Gasteiger charge is 2.33. The van der Waals surface area contributed by atoms with Crippen LogP contribution in [-0.4, -0.2) is 41.7 Å². The highest BCUT2D eigenvalue weighted by atomic mass is 16.5. The molecule has 4 aromatic heterocycles. The number of nitrogens with zero attached hydrogens (tertiary/aromatic N) is 6. The Labute approximate surface area is 161 Å². The molecule has 5 heterocycles. The number of carbonyl (C=O) groups is 1. The van der Waals surface area contributed by atoms with E-state index >= 15 is 0 Å². The molecule has 0 aromatic carbocycles. The maximum absolute atomic E-state index is 13.3. The maximum atomic E-state index is 13.3. The van der Waals surface area contributed by atoms with E-state index < -0.39 is 0 Å². The lowest BCUT2D eigenvalue weighted by molar-refractivity contribution is 0.0714. The molecule has 0 bridgehead atoms. The molecule has 0 N–H and O–H groups in total. The molecule has 1 aliphatic rings. The highest BCUT2D eigenvalue weighted by Crippen LogP contribution is 2.33. The van der Waals surface area contributed by atoms with Gasteiger partial charge in [0.25, 0.3) is 5.91 Å². The SMILES string of the molecule is Cc1cc(C2CCCN2C(=O)c2ccc3nnc(-c4cccn4C)n3c2)on1. The van der Waals surface area contributed by atoms with Gasteiger partial charge in [-0.05, 0) is 44.0 Å². The van der Waals surface area contributed by atoms with Crippen LogP contribution in [0, 0.1) is 6.92 Å². The van der Waals surface area contributed by atoms with Gasteiger partial charge in [0.1, 0.15) is 0 Å². The molecule has 1 fully saturated rings. The van der Waals surface area contributed by atoms with Crippen LogP contribution in [-0.2, 0) is 7.05 Å². The molecule has 1 amide bonds. The first kappa shape index (κ1) is 16.7. The molecule has 4 aromatic rings. The van der Waals surface area contributed by atoms with E-state index in [0.29, 0.717) is 23.6 Å². The van der Waals surface area contributed by atoms with Crippen molar-refractivity contribution in [3.05, 3.63) is 59.7 Å². The molecule has 1 atom stereocenters. The third-order valence-electron chi connectivity index (χ3n) is 5.31. The van der Waals surface area contributed by atoms with Crippen LogP contribution in [0.4, 0.5) is 0 Å². The summed E-state index contributed by atoms with van der Waals surface area (Å²) in [6, 6.07) is 9.41. The van der Waals surface area contributed by atoms with Crippen LogP contribution in [0.3, 0.4) is 0 Å². The van der Waals surface area contributed by atoms with Gasteiger partial charge in [-0.3, -0.25) is 9.20 Å². The van der Waals surface area contributed by atoms with Gasteiger partial charge in [0.15, 0.2) is 17.2 Å². The Kier molecular flexibility index (Phi) is 3.78. The highest BCUT2D eigenvalue weighted by molar-refractivity contribution is 5.94. The van der Waals surface area contributed by atoms with E-state index in [4.69, 9.17) is 4.52 Å². The van der Waals surface area contributed by atoms with Crippen LogP contribution in [0.25, 0.3) is 17.2 Å². The van der Waals surface area contributed by atoms with E-state index in [1.807, 2.05) is 70.6 Å². The van der Waals surface area contributed by atoms with Crippen LogP contribution in [0.2, 0.25) is 0 Å². The predicted octanol–water partition coefficient (Wildman–Crippen LogP) is 3.01. The van der Waals surface area contributed by atoms with Gasteiger partial charge < -0.3 is 14.0 Å². The van der Waals surface area contributed by atoms with E-state index in [-0.39, 0.29) is 11.9 Å². The summed E-state index contributed by atoms with van der Waals surface area (Å²) in [6.07, 6.45) is 5.60. The number of amides is 1. The Morgan fingerprint density at radius 1 is 1.25 bits per heavy atom. The minimum absolute atomic E-state index is 0.0232. The van der Waals surface area contributed by atoms with Crippen molar-refractivity contribution in [2.24, 2.45) is 7.05 Å². The normalized spacial score (nSPS) is 16.9. The minimum Gasteiger partial charge on any atom is -0.359 e. The number of hydrogen-bond acceptors (Lipinski definition) is 5. The first-order valence-corrected chi connectivity index (χ1v) is 9.32. The molecule has 1 aliphatic heterocycles. The van der Waals surface area contributed by atoms with Crippen molar-refractivity contribution in [3.8, 4) is 11.5 Å². The zero-order valence-corrected chi connectivity index (χ0v) is 15.7. The van der Waals surface area contributed by atoms with Gasteiger partial charge in [0.05, 0.1) is 23.0 Å². The largest absolute Gasteiger partial charge is 0.359 e. The summed E-state index contributed by atoms with van der Waals surface area (Å²) >= 11 is 0. The summed E-state index contributed by atoms with van der Waals surface area (Å²) in [5, 5.41) is 12.5. The molecule has 5 rings (SSSR count). The van der Waals surface area contributed by atoms with Crippen molar-refractivity contribution in [1.29, 1.82) is 0 Å². The van der Waals surface area contributed by atoms with Crippen LogP contribution in [0.5, 0.6) is 0 Å². The van der Waals surface area contributed by atoms with E-state index in [0.717, 1.165) is 30.0 Å². The van der Waals surface area contributed by atoms with Gasteiger partial charge in [-0.25, -0.2) is 0 Å². The van der Waals surface area contributed by atoms with Crippen molar-refractivity contribution in [3.63, 3.8) is 0 Å². The Balaban J connectivity index is 1.52. The number of pyridine rings is 1. The van der Waals surface area contributed by atoms with Crippen LogP contribution in [0.1, 0.15) is 40.7 Å². The fraction of sp³-hybridized carbons (Fsp3) is 0.300. The van der Waals surface area contributed by atoms with E-state index in [1.165, 1.54) is 0 Å². The van der Waals surface area contributed by atoms with E-state index in [9.17, 15) is 4.79 Å². The second-order valence-electron chi connectivity index (χ2n) is 7.20. The Hall–Kier alpha value is -3.42. The van der Waals surface area contributed by atoms with Gasteiger partial charge >= 0.3 is 0 Å². The molecule has 0 radical (unpaired) electrons. The molecule has 142 valence electrons. The molecular weight excluding hydrogens is 356 g/mol. The second kappa shape index (κ2) is 6.33. The molecule has 28 heavy (non-hydrogen) atoms. The first-order valence-electron chi connectivity index (χ1n) is 9.32. The van der Waals surface area contributed by atoms with Crippen LogP contribution < -0.4 is 0 Å². The number of likely N-dealkylation sites (tertiary alicyclic amines) is 1. The smallest absolute Gasteiger partial charge is 0.255 e. The van der Waals surface area contributed by atoms with Crippen molar-refractivity contribution < 1.29 is 9.32 Å². The number of rotatable bonds is 3. The zero-order chi connectivity index (χ0) is 19.3. The lowest BCUT2D eigenvalue weighted by atomic mass is 10.1. The standard InChI is InChI=1S/C20H20N6O2/c1-13-11-17(28-23-13)15-5-4-10-25(15)20(27)14-7-8-18-21-22-19(26(18)12-14)16-6-3-9-24(16)2/h3,6-9,11-12,15H,4-5,10H2,1-2H3. The molecule has 1 saturated heterocycles. The lowest BCUT2D eigenvalue weighted by Gasteiger charge is -2.22. The molecule has 8 nitrogen and oxygen atoms in total. The van der Waals surface area contributed by atoms with Crippen molar-refractivity contribution >= 4 is 11.6 Å². The molecule has 1 unspecified atom stereocenters. The topological polar surface area (TPSA) is 81.5 Å². The van der Waals surface area contributed by atoms with Gasteiger partial charge in [-0.1, -0.05) is 5.16 Å². The summed E-state index contributed by atoms with van der Waals surface area (Å²) in [6.45, 7) is 2.59. The second-order valence-corrected chi connectivity index (χ2v) is 7.20. The molecule has 0 spiro atoms. The maximum Gasteiger partial charge on any atom is 0.255 e. The van der Waals surface area contributed by atoms with Crippen molar-refractivity contribution in [1.82, 2.24) is 29.2 Å². The summed E-state index contributed by atoms with van der Waals surface area (Å²) < 4.78 is 9.28. The van der Waals surface area contributed by atoms with Gasteiger partial charge in [0, 0.05) is 32.1 Å².